The number of rotatable bonds is 4. The van der Waals surface area contributed by atoms with E-state index >= 15 is 0 Å². The molecule has 0 saturated heterocycles. The monoisotopic (exact) mass is 352 g/mol. The average Bonchev–Trinajstić information content (AvgIpc) is 2.65. The van der Waals surface area contributed by atoms with Crippen LogP contribution in [0.4, 0.5) is 0 Å². The fraction of sp³-hybridized carbons (Fsp3) is 0.238. The van der Waals surface area contributed by atoms with Gasteiger partial charge in [0, 0.05) is 5.56 Å². The van der Waals surface area contributed by atoms with Crippen LogP contribution < -0.4 is 10.2 Å². The number of carbonyl (C=O) groups is 1. The van der Waals surface area contributed by atoms with E-state index in [1.54, 1.807) is 6.07 Å². The average molecular weight is 352 g/mol. The van der Waals surface area contributed by atoms with Gasteiger partial charge in [-0.1, -0.05) is 30.3 Å². The van der Waals surface area contributed by atoms with Crippen molar-refractivity contribution in [1.82, 2.24) is 0 Å². The lowest BCUT2D eigenvalue weighted by Gasteiger charge is -2.16. The summed E-state index contributed by atoms with van der Waals surface area (Å²) in [5.74, 6) is -0.268. The number of esters is 1. The molecule has 5 nitrogen and oxygen atoms in total. The molecule has 1 heterocycles. The van der Waals surface area contributed by atoms with Crippen molar-refractivity contribution in [1.29, 1.82) is 0 Å². The van der Waals surface area contributed by atoms with Crippen molar-refractivity contribution in [2.24, 2.45) is 0 Å². The number of methoxy groups -OCH3 is 1. The fourth-order valence-corrected chi connectivity index (χ4v) is 2.71. The lowest BCUT2D eigenvalue weighted by atomic mass is 10.0. The van der Waals surface area contributed by atoms with Gasteiger partial charge in [-0.15, -0.1) is 0 Å². The zero-order chi connectivity index (χ0) is 18.8. The highest BCUT2D eigenvalue weighted by Crippen LogP contribution is 2.32. The Kier molecular flexibility index (Phi) is 4.80. The van der Waals surface area contributed by atoms with Crippen LogP contribution in [0.25, 0.3) is 22.3 Å². The van der Waals surface area contributed by atoms with Gasteiger partial charge in [-0.2, -0.15) is 0 Å². The smallest absolute Gasteiger partial charge is 0.346 e. The largest absolute Gasteiger partial charge is 0.471 e. The molecule has 5 heteroatoms. The molecule has 26 heavy (non-hydrogen) atoms. The van der Waals surface area contributed by atoms with Crippen LogP contribution in [0.3, 0.4) is 0 Å². The first-order chi connectivity index (χ1) is 12.4. The van der Waals surface area contributed by atoms with E-state index in [4.69, 9.17) is 13.9 Å². The number of hydrogen-bond acceptors (Lipinski definition) is 5. The van der Waals surface area contributed by atoms with Crippen molar-refractivity contribution in [3.8, 4) is 17.1 Å². The van der Waals surface area contributed by atoms with Crippen LogP contribution in [0.1, 0.15) is 18.1 Å². The van der Waals surface area contributed by atoms with Crippen molar-refractivity contribution in [2.75, 3.05) is 7.11 Å². The Morgan fingerprint density at radius 3 is 2.38 bits per heavy atom. The summed E-state index contributed by atoms with van der Waals surface area (Å²) >= 11 is 0. The van der Waals surface area contributed by atoms with Crippen LogP contribution in [0.2, 0.25) is 0 Å². The molecule has 0 saturated carbocycles. The maximum atomic E-state index is 13.1. The Hall–Kier alpha value is -3.08. The topological polar surface area (TPSA) is 65.7 Å². The second kappa shape index (κ2) is 7.04. The van der Waals surface area contributed by atoms with Crippen LogP contribution in [0, 0.1) is 13.8 Å². The van der Waals surface area contributed by atoms with Crippen molar-refractivity contribution >= 4 is 16.9 Å². The normalized spacial score (nSPS) is 12.0. The van der Waals surface area contributed by atoms with Gasteiger partial charge in [0.1, 0.15) is 5.58 Å². The Labute approximate surface area is 151 Å². The zero-order valence-corrected chi connectivity index (χ0v) is 15.2. The van der Waals surface area contributed by atoms with Gasteiger partial charge < -0.3 is 13.9 Å². The number of benzene rings is 2. The van der Waals surface area contributed by atoms with E-state index in [0.29, 0.717) is 22.3 Å². The van der Waals surface area contributed by atoms with Crippen molar-refractivity contribution in [3.05, 3.63) is 63.8 Å². The predicted octanol–water partition coefficient (Wildman–Crippen LogP) is 4.02. The Bertz CT molecular complexity index is 1020. The molecule has 134 valence electrons. The maximum Gasteiger partial charge on any atom is 0.346 e. The van der Waals surface area contributed by atoms with Gasteiger partial charge in [0.2, 0.25) is 11.2 Å². The number of ether oxygens (including phenoxy) is 2. The van der Waals surface area contributed by atoms with E-state index < -0.39 is 12.1 Å². The second-order valence-corrected chi connectivity index (χ2v) is 6.17. The summed E-state index contributed by atoms with van der Waals surface area (Å²) in [7, 11) is 1.27. The molecule has 0 spiro atoms. The molecule has 0 radical (unpaired) electrons. The molecule has 0 aliphatic rings. The lowest BCUT2D eigenvalue weighted by Crippen LogP contribution is -2.27. The number of hydrogen-bond donors (Lipinski definition) is 0. The number of aryl methyl sites for hydroxylation is 2. The summed E-state index contributed by atoms with van der Waals surface area (Å²) in [4.78, 5) is 24.9. The molecule has 0 bridgehead atoms. The van der Waals surface area contributed by atoms with E-state index in [9.17, 15) is 9.59 Å². The first kappa shape index (κ1) is 17.7. The third-order valence-corrected chi connectivity index (χ3v) is 4.33. The van der Waals surface area contributed by atoms with Crippen LogP contribution in [0.15, 0.2) is 51.7 Å². The first-order valence-electron chi connectivity index (χ1n) is 8.30. The maximum absolute atomic E-state index is 13.1. The SMILES string of the molecule is COC(=O)C(C)Oc1c(-c2ccccc2)oc2cc(C)c(C)cc2c1=O. The van der Waals surface area contributed by atoms with E-state index in [1.807, 2.05) is 50.2 Å². The van der Waals surface area contributed by atoms with Gasteiger partial charge in [-0.05, 0) is 44.0 Å². The van der Waals surface area contributed by atoms with Crippen molar-refractivity contribution < 1.29 is 18.7 Å². The van der Waals surface area contributed by atoms with Crippen LogP contribution >= 0.6 is 0 Å². The van der Waals surface area contributed by atoms with Gasteiger partial charge >= 0.3 is 5.97 Å². The summed E-state index contributed by atoms with van der Waals surface area (Å²) in [5, 5.41) is 0.417. The highest BCUT2D eigenvalue weighted by atomic mass is 16.6. The van der Waals surface area contributed by atoms with E-state index in [0.717, 1.165) is 11.1 Å². The summed E-state index contributed by atoms with van der Waals surface area (Å²) < 4.78 is 16.4. The summed E-state index contributed by atoms with van der Waals surface area (Å²) in [5.41, 5.74) is 2.86. The Morgan fingerprint density at radius 1 is 1.08 bits per heavy atom. The van der Waals surface area contributed by atoms with Crippen LogP contribution in [-0.4, -0.2) is 19.2 Å². The quantitative estimate of drug-likeness (QED) is 0.664. The molecule has 0 aliphatic heterocycles. The first-order valence-corrected chi connectivity index (χ1v) is 8.30. The summed E-state index contributed by atoms with van der Waals surface area (Å²) in [6.45, 7) is 5.42. The molecule has 3 rings (SSSR count). The molecular formula is C21H20O5. The minimum absolute atomic E-state index is 0.00449. The van der Waals surface area contributed by atoms with E-state index in [-0.39, 0.29) is 11.2 Å². The van der Waals surface area contributed by atoms with Gasteiger partial charge in [-0.25, -0.2) is 4.79 Å². The molecule has 3 aromatic rings. The summed E-state index contributed by atoms with van der Waals surface area (Å²) in [6, 6.07) is 12.8. The number of fused-ring (bicyclic) bond motifs is 1. The van der Waals surface area contributed by atoms with Gasteiger partial charge in [0.25, 0.3) is 0 Å². The fourth-order valence-electron chi connectivity index (χ4n) is 2.71. The van der Waals surface area contributed by atoms with E-state index in [2.05, 4.69) is 0 Å². The molecule has 1 unspecified atom stereocenters. The van der Waals surface area contributed by atoms with Crippen LogP contribution in [0.5, 0.6) is 5.75 Å². The molecule has 0 fully saturated rings. The van der Waals surface area contributed by atoms with E-state index in [1.165, 1.54) is 14.0 Å². The minimum atomic E-state index is -0.936. The molecule has 1 atom stereocenters. The predicted molar refractivity (Wildman–Crippen MR) is 99.5 cm³/mol. The molecule has 0 N–H and O–H groups in total. The van der Waals surface area contributed by atoms with Crippen LogP contribution in [-0.2, 0) is 9.53 Å². The van der Waals surface area contributed by atoms with Gasteiger partial charge in [0.05, 0.1) is 12.5 Å². The molecule has 0 aliphatic carbocycles. The van der Waals surface area contributed by atoms with Crippen molar-refractivity contribution in [2.45, 2.75) is 26.9 Å². The molecule has 1 aromatic heterocycles. The molecular weight excluding hydrogens is 332 g/mol. The van der Waals surface area contributed by atoms with Gasteiger partial charge in [0.15, 0.2) is 11.9 Å². The standard InChI is InChI=1S/C21H20O5/c1-12-10-16-17(11-13(12)2)26-19(15-8-6-5-7-9-15)20(18(16)22)25-14(3)21(23)24-4/h5-11,14H,1-4H3. The van der Waals surface area contributed by atoms with Crippen molar-refractivity contribution in [3.63, 3.8) is 0 Å². The highest BCUT2D eigenvalue weighted by molar-refractivity contribution is 5.84. The third-order valence-electron chi connectivity index (χ3n) is 4.33. The Morgan fingerprint density at radius 2 is 1.73 bits per heavy atom. The third kappa shape index (κ3) is 3.20. The second-order valence-electron chi connectivity index (χ2n) is 6.17. The summed E-state index contributed by atoms with van der Waals surface area (Å²) in [6.07, 6.45) is -0.936. The number of carbonyl (C=O) groups excluding carboxylic acids is 1. The Balaban J connectivity index is 2.28. The van der Waals surface area contributed by atoms with Gasteiger partial charge in [-0.3, -0.25) is 4.79 Å². The lowest BCUT2D eigenvalue weighted by molar-refractivity contribution is -0.147. The highest BCUT2D eigenvalue weighted by Gasteiger charge is 2.23. The minimum Gasteiger partial charge on any atom is -0.471 e. The zero-order valence-electron chi connectivity index (χ0n) is 15.2. The molecule has 2 aromatic carbocycles. The molecule has 0 amide bonds.